The van der Waals surface area contributed by atoms with Gasteiger partial charge in [0.25, 0.3) is 0 Å². The molecule has 0 unspecified atom stereocenters. The number of nitrogens with zero attached hydrogens (tertiary/aromatic N) is 2. The molecule has 0 aliphatic heterocycles. The van der Waals surface area contributed by atoms with Crippen molar-refractivity contribution in [3.63, 3.8) is 0 Å². The molecule has 0 atom stereocenters. The molecule has 0 saturated carbocycles. The van der Waals surface area contributed by atoms with Crippen LogP contribution in [-0.2, 0) is 4.79 Å². The Kier molecular flexibility index (Phi) is 4.82. The predicted octanol–water partition coefficient (Wildman–Crippen LogP) is 4.16. The summed E-state index contributed by atoms with van der Waals surface area (Å²) in [6, 6.07) is 9.54. The average molecular weight is 281 g/mol. The number of carbonyl (C=O) groups excluding carboxylic acids is 1. The second-order valence-electron chi connectivity index (χ2n) is 4.79. The zero-order valence-corrected chi connectivity index (χ0v) is 12.6. The monoisotopic (exact) mass is 281 g/mol. The van der Waals surface area contributed by atoms with E-state index in [1.54, 1.807) is 12.4 Å². The number of rotatable bonds is 1. The van der Waals surface area contributed by atoms with Gasteiger partial charge in [-0.1, -0.05) is 26.3 Å². The number of benzene rings is 1. The van der Waals surface area contributed by atoms with Gasteiger partial charge < -0.3 is 5.32 Å². The van der Waals surface area contributed by atoms with Crippen LogP contribution in [0.3, 0.4) is 0 Å². The van der Waals surface area contributed by atoms with Crippen LogP contribution in [0.15, 0.2) is 42.7 Å². The summed E-state index contributed by atoms with van der Waals surface area (Å²) < 4.78 is 0. The smallest absolute Gasteiger partial charge is 0.221 e. The number of aromatic nitrogens is 2. The van der Waals surface area contributed by atoms with E-state index in [0.717, 1.165) is 27.5 Å². The van der Waals surface area contributed by atoms with Gasteiger partial charge in [-0.2, -0.15) is 0 Å². The van der Waals surface area contributed by atoms with Crippen molar-refractivity contribution < 1.29 is 4.79 Å². The number of anilines is 1. The van der Waals surface area contributed by atoms with E-state index in [4.69, 9.17) is 0 Å². The fraction of sp³-hybridized carbons (Fsp3) is 0.235. The molecule has 0 aliphatic carbocycles. The van der Waals surface area contributed by atoms with E-state index < -0.39 is 0 Å². The maximum absolute atomic E-state index is 11.2. The van der Waals surface area contributed by atoms with Gasteiger partial charge in [0.1, 0.15) is 0 Å². The molecule has 21 heavy (non-hydrogen) atoms. The second kappa shape index (κ2) is 6.79. The third-order valence-corrected chi connectivity index (χ3v) is 2.77. The molecule has 108 valence electrons. The summed E-state index contributed by atoms with van der Waals surface area (Å²) in [5.41, 5.74) is 2.42. The molecule has 3 rings (SSSR count). The topological polar surface area (TPSA) is 54.9 Å². The highest BCUT2D eigenvalue weighted by Crippen LogP contribution is 2.28. The van der Waals surface area contributed by atoms with Gasteiger partial charge in [0.15, 0.2) is 0 Å². The molecule has 3 aromatic rings. The lowest BCUT2D eigenvalue weighted by molar-refractivity contribution is -0.114. The molecule has 0 saturated heterocycles. The number of amides is 1. The van der Waals surface area contributed by atoms with Crippen molar-refractivity contribution in [2.45, 2.75) is 27.2 Å². The average Bonchev–Trinajstić information content (AvgIpc) is 2.48. The number of fused-ring (bicyclic) bond motifs is 3. The molecule has 1 aromatic carbocycles. The molecule has 4 nitrogen and oxygen atoms in total. The molecule has 0 spiro atoms. The van der Waals surface area contributed by atoms with Crippen molar-refractivity contribution in [1.29, 1.82) is 0 Å². The van der Waals surface area contributed by atoms with Crippen LogP contribution in [0, 0.1) is 0 Å². The molecule has 2 aromatic heterocycles. The van der Waals surface area contributed by atoms with Crippen molar-refractivity contribution in [3.8, 4) is 0 Å². The number of hydrogen-bond acceptors (Lipinski definition) is 3. The standard InChI is InChI=1S/C14H11N3O.C3H8/c1-9(18)17-12-8-10-4-2-6-15-13(10)14-11(12)5-3-7-16-14;1-3-2/h2-8H,1H3,(H,17,18);3H2,1-2H3. The van der Waals surface area contributed by atoms with E-state index in [2.05, 4.69) is 29.1 Å². The summed E-state index contributed by atoms with van der Waals surface area (Å²) >= 11 is 0. The summed E-state index contributed by atoms with van der Waals surface area (Å²) in [6.45, 7) is 5.75. The quantitative estimate of drug-likeness (QED) is 0.681. The minimum absolute atomic E-state index is 0.0941. The molecule has 0 fully saturated rings. The van der Waals surface area contributed by atoms with Crippen molar-refractivity contribution in [2.24, 2.45) is 0 Å². The van der Waals surface area contributed by atoms with Crippen LogP contribution in [0.1, 0.15) is 27.2 Å². The van der Waals surface area contributed by atoms with Crippen LogP contribution in [0.4, 0.5) is 5.69 Å². The first-order chi connectivity index (χ1) is 10.2. The Balaban J connectivity index is 0.000000497. The highest BCUT2D eigenvalue weighted by Gasteiger charge is 2.08. The molecule has 0 aliphatic rings. The number of hydrogen-bond donors (Lipinski definition) is 1. The fourth-order valence-corrected chi connectivity index (χ4v) is 2.07. The van der Waals surface area contributed by atoms with E-state index in [-0.39, 0.29) is 5.91 Å². The van der Waals surface area contributed by atoms with Crippen molar-refractivity contribution in [3.05, 3.63) is 42.7 Å². The summed E-state index contributed by atoms with van der Waals surface area (Å²) in [5, 5.41) is 4.70. The number of pyridine rings is 2. The first kappa shape index (κ1) is 14.9. The zero-order chi connectivity index (χ0) is 15.2. The SMILES string of the molecule is CC(=O)Nc1cc2cccnc2c2ncccc12.CCC. The van der Waals surface area contributed by atoms with Crippen LogP contribution < -0.4 is 5.32 Å². The predicted molar refractivity (Wildman–Crippen MR) is 87.3 cm³/mol. The van der Waals surface area contributed by atoms with Crippen LogP contribution in [0.25, 0.3) is 21.8 Å². The van der Waals surface area contributed by atoms with E-state index in [1.807, 2.05) is 30.3 Å². The maximum atomic E-state index is 11.2. The highest BCUT2D eigenvalue weighted by atomic mass is 16.1. The summed E-state index contributed by atoms with van der Waals surface area (Å²) in [4.78, 5) is 20.0. The molecule has 1 N–H and O–H groups in total. The molecule has 0 bridgehead atoms. The lowest BCUT2D eigenvalue weighted by Crippen LogP contribution is -2.06. The molecule has 2 heterocycles. The Morgan fingerprint density at radius 1 is 1.10 bits per heavy atom. The van der Waals surface area contributed by atoms with Crippen molar-refractivity contribution in [1.82, 2.24) is 9.97 Å². The van der Waals surface area contributed by atoms with Crippen molar-refractivity contribution >= 4 is 33.4 Å². The third-order valence-electron chi connectivity index (χ3n) is 2.77. The first-order valence-corrected chi connectivity index (χ1v) is 7.07. The van der Waals surface area contributed by atoms with Gasteiger partial charge in [-0.15, -0.1) is 0 Å². The van der Waals surface area contributed by atoms with Crippen LogP contribution in [-0.4, -0.2) is 15.9 Å². The van der Waals surface area contributed by atoms with Gasteiger partial charge in [-0.25, -0.2) is 0 Å². The third kappa shape index (κ3) is 3.34. The van der Waals surface area contributed by atoms with Gasteiger partial charge in [0.2, 0.25) is 5.91 Å². The zero-order valence-electron chi connectivity index (χ0n) is 12.6. The van der Waals surface area contributed by atoms with E-state index in [0.29, 0.717) is 0 Å². The van der Waals surface area contributed by atoms with E-state index >= 15 is 0 Å². The maximum Gasteiger partial charge on any atom is 0.221 e. The van der Waals surface area contributed by atoms with E-state index in [9.17, 15) is 4.79 Å². The first-order valence-electron chi connectivity index (χ1n) is 7.07. The van der Waals surface area contributed by atoms with Gasteiger partial charge in [0.05, 0.1) is 16.7 Å². The normalized spacial score (nSPS) is 10.0. The Labute approximate surface area is 124 Å². The van der Waals surface area contributed by atoms with Crippen LogP contribution in [0.2, 0.25) is 0 Å². The largest absolute Gasteiger partial charge is 0.326 e. The number of nitrogens with one attached hydrogen (secondary N) is 1. The molecular weight excluding hydrogens is 262 g/mol. The lowest BCUT2D eigenvalue weighted by Gasteiger charge is -2.09. The molecule has 4 heteroatoms. The van der Waals surface area contributed by atoms with Crippen LogP contribution in [0.5, 0.6) is 0 Å². The Morgan fingerprint density at radius 3 is 2.38 bits per heavy atom. The second-order valence-corrected chi connectivity index (χ2v) is 4.79. The van der Waals surface area contributed by atoms with Gasteiger partial charge in [0, 0.05) is 30.1 Å². The number of carbonyl (C=O) groups is 1. The summed E-state index contributed by atoms with van der Waals surface area (Å²) in [5.74, 6) is -0.0941. The summed E-state index contributed by atoms with van der Waals surface area (Å²) in [6.07, 6.45) is 4.72. The van der Waals surface area contributed by atoms with Crippen molar-refractivity contribution in [2.75, 3.05) is 5.32 Å². The molecule has 0 radical (unpaired) electrons. The minimum atomic E-state index is -0.0941. The van der Waals surface area contributed by atoms with Gasteiger partial charge in [-0.05, 0) is 24.3 Å². The highest BCUT2D eigenvalue weighted by molar-refractivity contribution is 6.11. The Bertz CT molecular complexity index is 768. The molecular formula is C17H19N3O. The fourth-order valence-electron chi connectivity index (χ4n) is 2.07. The van der Waals surface area contributed by atoms with Gasteiger partial charge >= 0.3 is 0 Å². The Hall–Kier alpha value is -2.49. The Morgan fingerprint density at radius 2 is 1.71 bits per heavy atom. The molecule has 1 amide bonds. The lowest BCUT2D eigenvalue weighted by atomic mass is 10.1. The van der Waals surface area contributed by atoms with Gasteiger partial charge in [-0.3, -0.25) is 14.8 Å². The van der Waals surface area contributed by atoms with E-state index in [1.165, 1.54) is 13.3 Å². The minimum Gasteiger partial charge on any atom is -0.326 e. The van der Waals surface area contributed by atoms with Crippen LogP contribution >= 0.6 is 0 Å². The summed E-state index contributed by atoms with van der Waals surface area (Å²) in [7, 11) is 0.